The molecule has 0 fully saturated rings. The Balaban J connectivity index is 2.36. The first kappa shape index (κ1) is 14.9. The van der Waals surface area contributed by atoms with Gasteiger partial charge in [-0.25, -0.2) is 0 Å². The van der Waals surface area contributed by atoms with Crippen molar-refractivity contribution >= 4 is 34.5 Å². The number of aryl methyl sites for hydroxylation is 1. The Morgan fingerprint density at radius 1 is 1.21 bits per heavy atom. The summed E-state index contributed by atoms with van der Waals surface area (Å²) in [7, 11) is 0. The summed E-state index contributed by atoms with van der Waals surface area (Å²) in [5.74, 6) is 0. The number of nitrogens with one attached hydrogen (secondary N) is 1. The highest BCUT2D eigenvalue weighted by Crippen LogP contribution is 2.33. The molecular formula is C15H17Cl2NS. The third-order valence-corrected chi connectivity index (χ3v) is 4.55. The van der Waals surface area contributed by atoms with Gasteiger partial charge in [-0.05, 0) is 55.3 Å². The lowest BCUT2D eigenvalue weighted by molar-refractivity contribution is 0.603. The van der Waals surface area contributed by atoms with Crippen molar-refractivity contribution in [3.63, 3.8) is 0 Å². The van der Waals surface area contributed by atoms with Crippen molar-refractivity contribution in [2.75, 3.05) is 6.54 Å². The lowest BCUT2D eigenvalue weighted by Crippen LogP contribution is -2.23. The Kier molecular flexibility index (Phi) is 5.28. The Labute approximate surface area is 128 Å². The summed E-state index contributed by atoms with van der Waals surface area (Å²) in [6, 6.07) is 10.3. The minimum Gasteiger partial charge on any atom is -0.306 e. The van der Waals surface area contributed by atoms with Crippen LogP contribution in [0, 0.1) is 6.92 Å². The molecule has 0 saturated carbocycles. The van der Waals surface area contributed by atoms with Gasteiger partial charge in [0.2, 0.25) is 0 Å². The van der Waals surface area contributed by atoms with Crippen molar-refractivity contribution in [3.8, 4) is 0 Å². The van der Waals surface area contributed by atoms with Gasteiger partial charge in [0.25, 0.3) is 0 Å². The van der Waals surface area contributed by atoms with Crippen molar-refractivity contribution in [2.24, 2.45) is 0 Å². The van der Waals surface area contributed by atoms with Gasteiger partial charge in [-0.3, -0.25) is 0 Å². The molecule has 1 unspecified atom stereocenters. The van der Waals surface area contributed by atoms with Crippen molar-refractivity contribution in [1.82, 2.24) is 5.32 Å². The van der Waals surface area contributed by atoms with Crippen LogP contribution in [-0.4, -0.2) is 6.54 Å². The van der Waals surface area contributed by atoms with Crippen LogP contribution < -0.4 is 5.32 Å². The summed E-state index contributed by atoms with van der Waals surface area (Å²) in [6.45, 7) is 5.24. The standard InChI is InChI=1S/C15H17Cl2NS/c1-3-8-18-15(13-6-7-14(17)19-13)12-5-4-11(16)9-10(12)2/h4-7,9,15,18H,3,8H2,1-2H3. The van der Waals surface area contributed by atoms with Gasteiger partial charge >= 0.3 is 0 Å². The van der Waals surface area contributed by atoms with Crippen molar-refractivity contribution in [2.45, 2.75) is 26.3 Å². The van der Waals surface area contributed by atoms with E-state index in [1.807, 2.05) is 18.2 Å². The monoisotopic (exact) mass is 313 g/mol. The van der Waals surface area contributed by atoms with E-state index < -0.39 is 0 Å². The third kappa shape index (κ3) is 3.73. The lowest BCUT2D eigenvalue weighted by atomic mass is 10.00. The minimum atomic E-state index is 0.190. The first-order valence-electron chi connectivity index (χ1n) is 6.36. The molecule has 1 atom stereocenters. The number of benzene rings is 1. The SMILES string of the molecule is CCCNC(c1ccc(Cl)s1)c1ccc(Cl)cc1C. The fourth-order valence-electron chi connectivity index (χ4n) is 2.10. The number of hydrogen-bond donors (Lipinski definition) is 1. The Bertz CT molecular complexity index is 551. The van der Waals surface area contributed by atoms with Crippen LogP contribution in [0.5, 0.6) is 0 Å². The number of halogens is 2. The second-order valence-corrected chi connectivity index (χ2v) is 6.71. The van der Waals surface area contributed by atoms with Crippen molar-refractivity contribution < 1.29 is 0 Å². The van der Waals surface area contributed by atoms with E-state index in [1.54, 1.807) is 11.3 Å². The van der Waals surface area contributed by atoms with Crippen LogP contribution in [0.2, 0.25) is 9.36 Å². The van der Waals surface area contributed by atoms with Crippen LogP contribution >= 0.6 is 34.5 Å². The largest absolute Gasteiger partial charge is 0.306 e. The van der Waals surface area contributed by atoms with Crippen LogP contribution in [0.1, 0.15) is 35.4 Å². The van der Waals surface area contributed by atoms with Crippen LogP contribution in [0.3, 0.4) is 0 Å². The molecule has 1 aromatic carbocycles. The zero-order valence-electron chi connectivity index (χ0n) is 11.0. The molecule has 1 heterocycles. The second-order valence-electron chi connectivity index (χ2n) is 4.53. The molecule has 0 spiro atoms. The first-order chi connectivity index (χ1) is 9.11. The van der Waals surface area contributed by atoms with Crippen LogP contribution in [0.4, 0.5) is 0 Å². The predicted molar refractivity (Wildman–Crippen MR) is 85.7 cm³/mol. The van der Waals surface area contributed by atoms with Gasteiger partial charge in [0.1, 0.15) is 0 Å². The fraction of sp³-hybridized carbons (Fsp3) is 0.333. The van der Waals surface area contributed by atoms with E-state index in [0.29, 0.717) is 0 Å². The zero-order valence-corrected chi connectivity index (χ0v) is 13.4. The molecule has 0 aliphatic carbocycles. The molecule has 19 heavy (non-hydrogen) atoms. The number of thiophene rings is 1. The van der Waals surface area contributed by atoms with E-state index in [0.717, 1.165) is 22.3 Å². The highest BCUT2D eigenvalue weighted by atomic mass is 35.5. The highest BCUT2D eigenvalue weighted by molar-refractivity contribution is 7.16. The Morgan fingerprint density at radius 2 is 2.00 bits per heavy atom. The maximum atomic E-state index is 6.06. The molecule has 1 aromatic heterocycles. The first-order valence-corrected chi connectivity index (χ1v) is 7.93. The molecule has 102 valence electrons. The topological polar surface area (TPSA) is 12.0 Å². The lowest BCUT2D eigenvalue weighted by Gasteiger charge is -2.20. The average molecular weight is 314 g/mol. The minimum absolute atomic E-state index is 0.190. The average Bonchev–Trinajstić information content (AvgIpc) is 2.78. The molecule has 0 radical (unpaired) electrons. The molecule has 0 bridgehead atoms. The van der Waals surface area contributed by atoms with Gasteiger partial charge in [0.15, 0.2) is 0 Å². The molecule has 0 amide bonds. The molecule has 0 aliphatic heterocycles. The van der Waals surface area contributed by atoms with Crippen LogP contribution in [0.25, 0.3) is 0 Å². The van der Waals surface area contributed by atoms with Gasteiger partial charge in [-0.15, -0.1) is 11.3 Å². The third-order valence-electron chi connectivity index (χ3n) is 3.02. The van der Waals surface area contributed by atoms with E-state index >= 15 is 0 Å². The van der Waals surface area contributed by atoms with E-state index in [9.17, 15) is 0 Å². The van der Waals surface area contributed by atoms with Gasteiger partial charge < -0.3 is 5.32 Å². The van der Waals surface area contributed by atoms with Gasteiger partial charge in [-0.1, -0.05) is 36.2 Å². The molecule has 2 aromatic rings. The summed E-state index contributed by atoms with van der Waals surface area (Å²) in [5.41, 5.74) is 2.46. The maximum absolute atomic E-state index is 6.06. The van der Waals surface area contributed by atoms with Gasteiger partial charge in [0.05, 0.1) is 10.4 Å². The molecule has 4 heteroatoms. The highest BCUT2D eigenvalue weighted by Gasteiger charge is 2.17. The molecule has 0 aliphatic rings. The second kappa shape index (κ2) is 6.76. The zero-order chi connectivity index (χ0) is 13.8. The van der Waals surface area contributed by atoms with Gasteiger partial charge in [0, 0.05) is 9.90 Å². The summed E-state index contributed by atoms with van der Waals surface area (Å²) < 4.78 is 0.824. The van der Waals surface area contributed by atoms with E-state index in [1.165, 1.54) is 16.0 Å². The summed E-state index contributed by atoms with van der Waals surface area (Å²) in [4.78, 5) is 1.24. The normalized spacial score (nSPS) is 12.6. The van der Waals surface area contributed by atoms with Gasteiger partial charge in [-0.2, -0.15) is 0 Å². The number of rotatable bonds is 5. The van der Waals surface area contributed by atoms with Crippen LogP contribution in [-0.2, 0) is 0 Å². The van der Waals surface area contributed by atoms with E-state index in [4.69, 9.17) is 23.2 Å². The number of hydrogen-bond acceptors (Lipinski definition) is 2. The quantitative estimate of drug-likeness (QED) is 0.773. The van der Waals surface area contributed by atoms with Crippen LogP contribution in [0.15, 0.2) is 30.3 Å². The van der Waals surface area contributed by atoms with Crippen molar-refractivity contribution in [1.29, 1.82) is 0 Å². The van der Waals surface area contributed by atoms with E-state index in [-0.39, 0.29) is 6.04 Å². The summed E-state index contributed by atoms with van der Waals surface area (Å²) in [6.07, 6.45) is 1.10. The molecule has 2 rings (SSSR count). The van der Waals surface area contributed by atoms with E-state index in [2.05, 4.69) is 31.3 Å². The summed E-state index contributed by atoms with van der Waals surface area (Å²) >= 11 is 13.7. The Hall–Kier alpha value is -0.540. The molecule has 1 nitrogen and oxygen atoms in total. The fourth-order valence-corrected chi connectivity index (χ4v) is 3.48. The predicted octanol–water partition coefficient (Wildman–Crippen LogP) is 5.45. The molecular weight excluding hydrogens is 297 g/mol. The smallest absolute Gasteiger partial charge is 0.0931 e. The molecule has 1 N–H and O–H groups in total. The molecule has 0 saturated heterocycles. The summed E-state index contributed by atoms with van der Waals surface area (Å²) in [5, 5.41) is 4.36. The maximum Gasteiger partial charge on any atom is 0.0931 e. The van der Waals surface area contributed by atoms with Crippen molar-refractivity contribution in [3.05, 3.63) is 55.7 Å². The Morgan fingerprint density at radius 3 is 2.58 bits per heavy atom.